The maximum atomic E-state index is 5.48. The maximum Gasteiger partial charge on any atom is 0.240 e. The smallest absolute Gasteiger partial charge is 0.240 e. The summed E-state index contributed by atoms with van der Waals surface area (Å²) in [5.74, 6) is 1.23. The van der Waals surface area contributed by atoms with Crippen molar-refractivity contribution >= 4 is 0 Å². The minimum absolute atomic E-state index is 0.301. The van der Waals surface area contributed by atoms with Crippen LogP contribution in [0.5, 0.6) is 0 Å². The summed E-state index contributed by atoms with van der Waals surface area (Å²) in [4.78, 5) is 6.68. The minimum atomic E-state index is 0.301. The van der Waals surface area contributed by atoms with Crippen molar-refractivity contribution in [1.29, 1.82) is 0 Å². The van der Waals surface area contributed by atoms with E-state index in [0.29, 0.717) is 18.5 Å². The number of hydrogen-bond donors (Lipinski definition) is 1. The fourth-order valence-electron chi connectivity index (χ4n) is 2.19. The fourth-order valence-corrected chi connectivity index (χ4v) is 2.19. The Morgan fingerprint density at radius 2 is 2.00 bits per heavy atom. The van der Waals surface area contributed by atoms with Crippen LogP contribution in [0.1, 0.15) is 30.1 Å². The van der Waals surface area contributed by atoms with E-state index in [0.717, 1.165) is 18.9 Å². The van der Waals surface area contributed by atoms with E-state index in [1.807, 2.05) is 6.07 Å². The van der Waals surface area contributed by atoms with Crippen molar-refractivity contribution in [3.63, 3.8) is 0 Å². The number of rotatable bonds is 6. The number of hydrogen-bond acceptors (Lipinski definition) is 5. The second-order valence-corrected chi connectivity index (χ2v) is 4.93. The molecule has 5 heteroatoms. The molecule has 3 rings (SSSR count). The van der Waals surface area contributed by atoms with E-state index in [-0.39, 0.29) is 0 Å². The van der Waals surface area contributed by atoms with E-state index in [2.05, 4.69) is 39.3 Å². The van der Waals surface area contributed by atoms with Crippen LogP contribution >= 0.6 is 0 Å². The molecule has 19 heavy (non-hydrogen) atoms. The molecule has 2 aromatic rings. The van der Waals surface area contributed by atoms with Gasteiger partial charge < -0.3 is 10.3 Å². The van der Waals surface area contributed by atoms with Gasteiger partial charge in [0, 0.05) is 12.6 Å². The lowest BCUT2D eigenvalue weighted by atomic mass is 10.2. The standard InChI is InChI=1S/C14H18N4O/c15-8-14-16-13(17-19-14)10-18(12-6-7-12)9-11-4-2-1-3-5-11/h1-5,12H,6-10,15H2. The van der Waals surface area contributed by atoms with Crippen LogP contribution in [0.25, 0.3) is 0 Å². The van der Waals surface area contributed by atoms with Crippen molar-refractivity contribution in [2.24, 2.45) is 5.73 Å². The van der Waals surface area contributed by atoms with Crippen LogP contribution in [0.3, 0.4) is 0 Å². The quantitative estimate of drug-likeness (QED) is 0.854. The van der Waals surface area contributed by atoms with Crippen LogP contribution in [0, 0.1) is 0 Å². The molecule has 1 heterocycles. The highest BCUT2D eigenvalue weighted by atomic mass is 16.5. The molecule has 0 aliphatic heterocycles. The molecule has 0 spiro atoms. The van der Waals surface area contributed by atoms with Crippen molar-refractivity contribution in [1.82, 2.24) is 15.0 Å². The Labute approximate surface area is 112 Å². The molecule has 0 unspecified atom stereocenters. The van der Waals surface area contributed by atoms with Gasteiger partial charge >= 0.3 is 0 Å². The highest BCUT2D eigenvalue weighted by Crippen LogP contribution is 2.29. The lowest BCUT2D eigenvalue weighted by molar-refractivity contribution is 0.235. The van der Waals surface area contributed by atoms with Gasteiger partial charge in [-0.1, -0.05) is 35.5 Å². The first kappa shape index (κ1) is 12.3. The summed E-state index contributed by atoms with van der Waals surface area (Å²) in [5, 5.41) is 3.97. The van der Waals surface area contributed by atoms with E-state index >= 15 is 0 Å². The third-order valence-corrected chi connectivity index (χ3v) is 3.32. The molecule has 100 valence electrons. The molecule has 0 amide bonds. The molecule has 1 aromatic carbocycles. The zero-order chi connectivity index (χ0) is 13.1. The van der Waals surface area contributed by atoms with Crippen LogP contribution in [-0.4, -0.2) is 21.1 Å². The van der Waals surface area contributed by atoms with Crippen molar-refractivity contribution < 1.29 is 4.52 Å². The topological polar surface area (TPSA) is 68.2 Å². The van der Waals surface area contributed by atoms with Crippen molar-refractivity contribution in [3.05, 3.63) is 47.6 Å². The molecular formula is C14H18N4O. The SMILES string of the molecule is NCc1nc(CN(Cc2ccccc2)C2CC2)no1. The molecule has 1 aromatic heterocycles. The van der Waals surface area contributed by atoms with Crippen molar-refractivity contribution in [3.8, 4) is 0 Å². The summed E-state index contributed by atoms with van der Waals surface area (Å²) in [5.41, 5.74) is 6.80. The van der Waals surface area contributed by atoms with E-state index in [9.17, 15) is 0 Å². The molecular weight excluding hydrogens is 240 g/mol. The monoisotopic (exact) mass is 258 g/mol. The maximum absolute atomic E-state index is 5.48. The van der Waals surface area contributed by atoms with Crippen molar-refractivity contribution in [2.45, 2.75) is 38.5 Å². The number of aromatic nitrogens is 2. The highest BCUT2D eigenvalue weighted by Gasteiger charge is 2.29. The van der Waals surface area contributed by atoms with Gasteiger partial charge in [-0.3, -0.25) is 4.90 Å². The minimum Gasteiger partial charge on any atom is -0.338 e. The summed E-state index contributed by atoms with van der Waals surface area (Å²) < 4.78 is 5.05. The van der Waals surface area contributed by atoms with Crippen LogP contribution in [0.4, 0.5) is 0 Å². The molecule has 1 saturated carbocycles. The lowest BCUT2D eigenvalue weighted by Gasteiger charge is -2.20. The summed E-state index contributed by atoms with van der Waals surface area (Å²) >= 11 is 0. The Balaban J connectivity index is 1.67. The number of nitrogens with two attached hydrogens (primary N) is 1. The van der Waals surface area contributed by atoms with Gasteiger partial charge in [-0.25, -0.2) is 0 Å². The van der Waals surface area contributed by atoms with Crippen LogP contribution in [0.15, 0.2) is 34.9 Å². The van der Waals surface area contributed by atoms with Gasteiger partial charge in [0.2, 0.25) is 5.89 Å². The fraction of sp³-hybridized carbons (Fsp3) is 0.429. The predicted octanol–water partition coefficient (Wildman–Crippen LogP) is 1.69. The highest BCUT2D eigenvalue weighted by molar-refractivity contribution is 5.15. The third-order valence-electron chi connectivity index (χ3n) is 3.32. The van der Waals surface area contributed by atoms with E-state index in [1.54, 1.807) is 0 Å². The third kappa shape index (κ3) is 3.19. The summed E-state index contributed by atoms with van der Waals surface area (Å²) in [6.45, 7) is 1.95. The average Bonchev–Trinajstić information content (AvgIpc) is 3.20. The van der Waals surface area contributed by atoms with Gasteiger partial charge in [0.15, 0.2) is 5.82 Å². The molecule has 0 bridgehead atoms. The molecule has 1 aliphatic rings. The van der Waals surface area contributed by atoms with Gasteiger partial charge in [0.25, 0.3) is 0 Å². The Morgan fingerprint density at radius 3 is 2.63 bits per heavy atom. The average molecular weight is 258 g/mol. The molecule has 2 N–H and O–H groups in total. The summed E-state index contributed by atoms with van der Waals surface area (Å²) in [7, 11) is 0. The molecule has 0 saturated heterocycles. The first-order valence-electron chi connectivity index (χ1n) is 6.64. The van der Waals surface area contributed by atoms with Crippen molar-refractivity contribution in [2.75, 3.05) is 0 Å². The first-order valence-corrected chi connectivity index (χ1v) is 6.64. The lowest BCUT2D eigenvalue weighted by Crippen LogP contribution is -2.25. The Kier molecular flexibility index (Phi) is 3.57. The first-order chi connectivity index (χ1) is 9.35. The van der Waals surface area contributed by atoms with E-state index < -0.39 is 0 Å². The largest absolute Gasteiger partial charge is 0.338 e. The molecule has 0 atom stereocenters. The van der Waals surface area contributed by atoms with Gasteiger partial charge in [0.1, 0.15) is 0 Å². The van der Waals surface area contributed by atoms with Gasteiger partial charge in [-0.15, -0.1) is 0 Å². The second kappa shape index (κ2) is 5.50. The number of benzene rings is 1. The van der Waals surface area contributed by atoms with Crippen LogP contribution in [-0.2, 0) is 19.6 Å². The Hall–Kier alpha value is -1.72. The van der Waals surface area contributed by atoms with Gasteiger partial charge in [-0.2, -0.15) is 4.98 Å². The normalized spacial score (nSPS) is 15.1. The molecule has 0 radical (unpaired) electrons. The van der Waals surface area contributed by atoms with Crippen LogP contribution in [0.2, 0.25) is 0 Å². The Bertz CT molecular complexity index is 521. The van der Waals surface area contributed by atoms with Gasteiger partial charge in [-0.05, 0) is 18.4 Å². The zero-order valence-electron chi connectivity index (χ0n) is 10.8. The van der Waals surface area contributed by atoms with E-state index in [4.69, 9.17) is 10.3 Å². The molecule has 5 nitrogen and oxygen atoms in total. The van der Waals surface area contributed by atoms with Gasteiger partial charge in [0.05, 0.1) is 13.1 Å². The van der Waals surface area contributed by atoms with Crippen LogP contribution < -0.4 is 5.73 Å². The Morgan fingerprint density at radius 1 is 1.21 bits per heavy atom. The number of nitrogens with zero attached hydrogens (tertiary/aromatic N) is 3. The molecule has 1 aliphatic carbocycles. The predicted molar refractivity (Wildman–Crippen MR) is 70.9 cm³/mol. The summed E-state index contributed by atoms with van der Waals surface area (Å²) in [6.07, 6.45) is 2.52. The molecule has 1 fully saturated rings. The summed E-state index contributed by atoms with van der Waals surface area (Å²) in [6, 6.07) is 11.1. The van der Waals surface area contributed by atoms with E-state index in [1.165, 1.54) is 18.4 Å². The zero-order valence-corrected chi connectivity index (χ0v) is 10.8. The second-order valence-electron chi connectivity index (χ2n) is 4.93.